The van der Waals surface area contributed by atoms with Gasteiger partial charge in [0, 0.05) is 11.9 Å². The third-order valence-electron chi connectivity index (χ3n) is 8.04. The van der Waals surface area contributed by atoms with Crippen molar-refractivity contribution in [3.8, 4) is 0 Å². The lowest BCUT2D eigenvalue weighted by Crippen LogP contribution is -2.56. The minimum atomic E-state index is -1.23. The molecule has 3 fully saturated rings. The molecule has 198 valence electrons. The van der Waals surface area contributed by atoms with Crippen molar-refractivity contribution in [3.05, 3.63) is 60.2 Å². The van der Waals surface area contributed by atoms with E-state index in [1.54, 1.807) is 16.8 Å². The van der Waals surface area contributed by atoms with Crippen molar-refractivity contribution >= 4 is 44.7 Å². The molecule has 0 aliphatic carbocycles. The highest BCUT2D eigenvalue weighted by atomic mass is 79.9. The number of aliphatic hydroxyl groups is 1. The van der Waals surface area contributed by atoms with Crippen LogP contribution in [0.5, 0.6) is 0 Å². The van der Waals surface area contributed by atoms with E-state index in [1.165, 1.54) is 11.9 Å². The van der Waals surface area contributed by atoms with E-state index in [-0.39, 0.29) is 23.3 Å². The predicted octanol–water partition coefficient (Wildman–Crippen LogP) is 0.733. The van der Waals surface area contributed by atoms with E-state index >= 15 is 0 Å². The molecule has 6 rings (SSSR count). The largest absolute Gasteiger partial charge is 0.394 e. The van der Waals surface area contributed by atoms with E-state index in [2.05, 4.69) is 36.9 Å². The molecule has 3 N–H and O–H groups in total. The van der Waals surface area contributed by atoms with Gasteiger partial charge in [0.1, 0.15) is 23.8 Å². The molecule has 1 spiro atoms. The van der Waals surface area contributed by atoms with Crippen molar-refractivity contribution in [3.63, 3.8) is 0 Å². The van der Waals surface area contributed by atoms with Crippen LogP contribution in [0, 0.1) is 11.8 Å². The maximum absolute atomic E-state index is 14.1. The van der Waals surface area contributed by atoms with Crippen LogP contribution < -0.4 is 10.6 Å². The Morgan fingerprint density at radius 3 is 2.66 bits per heavy atom. The lowest BCUT2D eigenvalue weighted by Gasteiger charge is -2.37. The third-order valence-corrected chi connectivity index (χ3v) is 8.89. The van der Waals surface area contributed by atoms with Crippen molar-refractivity contribution in [1.29, 1.82) is 0 Å². The first-order valence-electron chi connectivity index (χ1n) is 12.5. The number of aromatic nitrogens is 3. The molecule has 3 amide bonds. The van der Waals surface area contributed by atoms with Crippen molar-refractivity contribution in [1.82, 2.24) is 30.5 Å². The normalized spacial score (nSPS) is 30.4. The van der Waals surface area contributed by atoms with Crippen LogP contribution in [0.15, 0.2) is 54.6 Å². The molecule has 3 unspecified atom stereocenters. The van der Waals surface area contributed by atoms with Gasteiger partial charge in [-0.05, 0) is 24.1 Å². The summed E-state index contributed by atoms with van der Waals surface area (Å²) in [5.74, 6) is -2.76. The summed E-state index contributed by atoms with van der Waals surface area (Å²) in [7, 11) is 1.52. The summed E-state index contributed by atoms with van der Waals surface area (Å²) in [4.78, 5) is 42.3. The summed E-state index contributed by atoms with van der Waals surface area (Å²) >= 11 is 3.64. The molecule has 3 aliphatic rings. The average molecular weight is 583 g/mol. The number of hydrogen-bond acceptors (Lipinski definition) is 7. The van der Waals surface area contributed by atoms with Gasteiger partial charge in [-0.1, -0.05) is 63.6 Å². The van der Waals surface area contributed by atoms with Gasteiger partial charge in [0.2, 0.25) is 17.7 Å². The third kappa shape index (κ3) is 3.57. The van der Waals surface area contributed by atoms with Crippen LogP contribution in [0.4, 0.5) is 0 Å². The van der Waals surface area contributed by atoms with Gasteiger partial charge >= 0.3 is 0 Å². The minimum absolute atomic E-state index is 0.0216. The van der Waals surface area contributed by atoms with Crippen molar-refractivity contribution in [2.45, 2.75) is 41.7 Å². The molecule has 38 heavy (non-hydrogen) atoms. The van der Waals surface area contributed by atoms with Gasteiger partial charge in [-0.2, -0.15) is 0 Å². The number of rotatable bonds is 7. The fraction of sp³-hybridized carbons (Fsp3) is 0.423. The number of hydrogen-bond donors (Lipinski definition) is 3. The van der Waals surface area contributed by atoms with Gasteiger partial charge in [0.05, 0.1) is 36.1 Å². The number of para-hydroxylation sites is 1. The summed E-state index contributed by atoms with van der Waals surface area (Å²) in [6, 6.07) is 14.6. The quantitative estimate of drug-likeness (QED) is 0.349. The second kappa shape index (κ2) is 9.44. The van der Waals surface area contributed by atoms with Gasteiger partial charge in [0.15, 0.2) is 0 Å². The van der Waals surface area contributed by atoms with Crippen molar-refractivity contribution < 1.29 is 24.2 Å². The first-order valence-corrected chi connectivity index (χ1v) is 13.4. The van der Waals surface area contributed by atoms with Crippen molar-refractivity contribution in [2.24, 2.45) is 11.8 Å². The van der Waals surface area contributed by atoms with Crippen LogP contribution >= 0.6 is 15.9 Å². The number of halogens is 1. The lowest BCUT2D eigenvalue weighted by atomic mass is 9.70. The smallest absolute Gasteiger partial charge is 0.247 e. The van der Waals surface area contributed by atoms with Crippen LogP contribution in [-0.2, 0) is 25.8 Å². The summed E-state index contributed by atoms with van der Waals surface area (Å²) in [5.41, 5.74) is 0.889. The van der Waals surface area contributed by atoms with Crippen LogP contribution in [0.1, 0.15) is 18.0 Å². The van der Waals surface area contributed by atoms with Gasteiger partial charge in [-0.3, -0.25) is 14.4 Å². The number of alkyl halides is 1. The first kappa shape index (κ1) is 25.0. The fourth-order valence-corrected chi connectivity index (χ4v) is 7.42. The summed E-state index contributed by atoms with van der Waals surface area (Å²) in [6.45, 7) is -0.379. The zero-order valence-corrected chi connectivity index (χ0v) is 22.1. The van der Waals surface area contributed by atoms with E-state index in [1.807, 2.05) is 42.5 Å². The molecular weight excluding hydrogens is 556 g/mol. The maximum Gasteiger partial charge on any atom is 0.247 e. The molecule has 3 aromatic rings. The number of benzene rings is 2. The number of aliphatic hydroxyl groups excluding tert-OH is 1. The number of likely N-dealkylation sites (tertiary alicyclic amines) is 1. The Morgan fingerprint density at radius 2 is 1.92 bits per heavy atom. The molecule has 7 atom stereocenters. The number of nitrogens with zero attached hydrogens (tertiary/aromatic N) is 4. The molecule has 2 bridgehead atoms. The number of nitrogens with one attached hydrogen (secondary N) is 2. The molecule has 1 aromatic heterocycles. The molecule has 2 aromatic carbocycles. The number of ether oxygens (including phenoxy) is 1. The van der Waals surface area contributed by atoms with Crippen LogP contribution in [0.3, 0.4) is 0 Å². The second-order valence-electron chi connectivity index (χ2n) is 9.91. The Morgan fingerprint density at radius 1 is 1.18 bits per heavy atom. The summed E-state index contributed by atoms with van der Waals surface area (Å²) in [5, 5.41) is 24.3. The van der Waals surface area contributed by atoms with E-state index in [0.717, 1.165) is 5.52 Å². The molecular formula is C26H27BrN6O5. The van der Waals surface area contributed by atoms with Crippen molar-refractivity contribution in [2.75, 3.05) is 13.7 Å². The van der Waals surface area contributed by atoms with Crippen LogP contribution in [0.2, 0.25) is 0 Å². The number of carbonyl (C=O) groups excluding carboxylic acids is 3. The van der Waals surface area contributed by atoms with E-state index < -0.39 is 48.1 Å². The molecule has 3 aliphatic heterocycles. The Hall–Kier alpha value is -3.35. The molecule has 3 saturated heterocycles. The van der Waals surface area contributed by atoms with E-state index in [9.17, 15) is 19.5 Å². The second-order valence-corrected chi connectivity index (χ2v) is 11.1. The highest BCUT2D eigenvalue weighted by molar-refractivity contribution is 9.09. The lowest BCUT2D eigenvalue weighted by molar-refractivity contribution is -0.146. The fourth-order valence-electron chi connectivity index (χ4n) is 6.48. The Labute approximate surface area is 226 Å². The zero-order chi connectivity index (χ0) is 26.6. The van der Waals surface area contributed by atoms with E-state index in [4.69, 9.17) is 4.74 Å². The number of fused-ring (bicyclic) bond motifs is 2. The average Bonchev–Trinajstić information content (AvgIpc) is 3.65. The Bertz CT molecular complexity index is 1400. The Kier molecular flexibility index (Phi) is 6.20. The topological polar surface area (TPSA) is 139 Å². The predicted molar refractivity (Wildman–Crippen MR) is 139 cm³/mol. The molecule has 12 heteroatoms. The number of amides is 3. The minimum Gasteiger partial charge on any atom is -0.394 e. The van der Waals surface area contributed by atoms with Gasteiger partial charge in [0.25, 0.3) is 0 Å². The van der Waals surface area contributed by atoms with Gasteiger partial charge in [-0.15, -0.1) is 5.10 Å². The number of carbonyl (C=O) groups is 3. The molecule has 0 radical (unpaired) electrons. The monoisotopic (exact) mass is 582 g/mol. The molecule has 4 heterocycles. The zero-order valence-electron chi connectivity index (χ0n) is 20.5. The highest BCUT2D eigenvalue weighted by Crippen LogP contribution is 2.61. The summed E-state index contributed by atoms with van der Waals surface area (Å²) in [6.07, 6.45) is -0.181. The highest BCUT2D eigenvalue weighted by Gasteiger charge is 2.77. The maximum atomic E-state index is 14.1. The van der Waals surface area contributed by atoms with Crippen LogP contribution in [0.25, 0.3) is 11.0 Å². The first-order chi connectivity index (χ1) is 18.4. The summed E-state index contributed by atoms with van der Waals surface area (Å²) < 4.78 is 8.02. The van der Waals surface area contributed by atoms with E-state index in [0.29, 0.717) is 17.5 Å². The standard InChI is InChI=1S/C26H27BrN6O5/c1-28-23(35)19-20-25(37)33(18(12-34)14-7-3-2-4-8-14)22(26(20)11-15(27)21(19)38-26)24(36)29-13-32-17-10-6-5-9-16(17)30-31-32/h2-10,15,18-22,34H,11-13H2,1H3,(H,28,35)(H,29,36)/t15?,18-,19+,20+,21+,22?,26?/m1/s1. The Balaban J connectivity index is 1.40. The SMILES string of the molecule is CNC(=O)[C@H]1[C@H]2C(=O)N([C@H](CO)c3ccccc3)C(C(=O)NCn3nnc4ccccc43)C23CC(Br)[C@@H]1O3. The molecule has 11 nitrogen and oxygen atoms in total. The van der Waals surface area contributed by atoms with Gasteiger partial charge in [-0.25, -0.2) is 4.68 Å². The van der Waals surface area contributed by atoms with Crippen LogP contribution in [-0.4, -0.2) is 79.0 Å². The molecule has 0 saturated carbocycles. The van der Waals surface area contributed by atoms with Gasteiger partial charge < -0.3 is 25.4 Å².